The van der Waals surface area contributed by atoms with Gasteiger partial charge in [0.2, 0.25) is 0 Å². The topological polar surface area (TPSA) is 25.2 Å². The molecule has 1 N–H and O–H groups in total. The number of nitrogens with one attached hydrogen (secondary N) is 1. The summed E-state index contributed by atoms with van der Waals surface area (Å²) in [5.74, 6) is 0.587. The summed E-state index contributed by atoms with van der Waals surface area (Å²) in [6, 6.07) is 7.48. The van der Waals surface area contributed by atoms with Crippen LogP contribution in [-0.4, -0.2) is 12.6 Å². The monoisotopic (exact) mass is 249 g/mol. The highest BCUT2D eigenvalue weighted by Crippen LogP contribution is 2.23. The lowest BCUT2D eigenvalue weighted by molar-refractivity contribution is 0.448. The zero-order chi connectivity index (χ0) is 13.0. The van der Waals surface area contributed by atoms with Gasteiger partial charge in [-0.2, -0.15) is 0 Å². The quantitative estimate of drug-likeness (QED) is 0.840. The largest absolute Gasteiger partial charge is 0.458 e. The van der Waals surface area contributed by atoms with Crippen LogP contribution in [-0.2, 0) is 6.42 Å². The Balaban J connectivity index is 2.06. The summed E-state index contributed by atoms with van der Waals surface area (Å²) in [5.41, 5.74) is 0.379. The van der Waals surface area contributed by atoms with E-state index in [1.165, 1.54) is 6.07 Å². The Bertz CT molecular complexity index is 506. The van der Waals surface area contributed by atoms with Crippen LogP contribution in [0.25, 0.3) is 11.0 Å². The average Bonchev–Trinajstić information content (AvgIpc) is 2.79. The van der Waals surface area contributed by atoms with Crippen LogP contribution in [0, 0.1) is 5.82 Å². The maximum absolute atomic E-state index is 13.5. The summed E-state index contributed by atoms with van der Waals surface area (Å²) >= 11 is 0. The molecule has 2 aromatic rings. The minimum atomic E-state index is -0.280. The van der Waals surface area contributed by atoms with Crippen LogP contribution in [0.1, 0.15) is 32.4 Å². The van der Waals surface area contributed by atoms with Crippen molar-refractivity contribution in [1.29, 1.82) is 0 Å². The van der Waals surface area contributed by atoms with Crippen molar-refractivity contribution in [2.24, 2.45) is 0 Å². The van der Waals surface area contributed by atoms with Gasteiger partial charge in [0.15, 0.2) is 11.4 Å². The molecule has 1 heterocycles. The maximum Gasteiger partial charge on any atom is 0.169 e. The zero-order valence-electron chi connectivity index (χ0n) is 11.0. The van der Waals surface area contributed by atoms with E-state index in [1.54, 1.807) is 6.07 Å². The molecule has 0 bridgehead atoms. The fourth-order valence-electron chi connectivity index (χ4n) is 2.26. The van der Waals surface area contributed by atoms with Gasteiger partial charge in [0, 0.05) is 17.8 Å². The van der Waals surface area contributed by atoms with Crippen LogP contribution < -0.4 is 5.32 Å². The van der Waals surface area contributed by atoms with Crippen LogP contribution in [0.2, 0.25) is 0 Å². The normalized spacial score (nSPS) is 13.1. The number of benzene rings is 1. The molecule has 3 heteroatoms. The van der Waals surface area contributed by atoms with Gasteiger partial charge in [-0.1, -0.05) is 26.0 Å². The molecular formula is C15H20FNO. The number of rotatable bonds is 6. The number of aryl methyl sites for hydroxylation is 1. The first kappa shape index (κ1) is 13.1. The number of para-hydroxylation sites is 1. The van der Waals surface area contributed by atoms with E-state index in [-0.39, 0.29) is 5.82 Å². The number of fused-ring (bicyclic) bond motifs is 1. The van der Waals surface area contributed by atoms with Gasteiger partial charge in [-0.15, -0.1) is 0 Å². The van der Waals surface area contributed by atoms with Crippen LogP contribution in [0.15, 0.2) is 28.7 Å². The van der Waals surface area contributed by atoms with Gasteiger partial charge in [0.1, 0.15) is 5.76 Å². The van der Waals surface area contributed by atoms with E-state index in [0.29, 0.717) is 11.6 Å². The maximum atomic E-state index is 13.5. The molecule has 2 nitrogen and oxygen atoms in total. The zero-order valence-corrected chi connectivity index (χ0v) is 11.0. The molecule has 18 heavy (non-hydrogen) atoms. The molecule has 1 aromatic heterocycles. The highest BCUT2D eigenvalue weighted by molar-refractivity contribution is 5.78. The Morgan fingerprint density at radius 1 is 1.33 bits per heavy atom. The fourth-order valence-corrected chi connectivity index (χ4v) is 2.26. The molecule has 0 amide bonds. The second kappa shape index (κ2) is 6.01. The first-order chi connectivity index (χ1) is 8.74. The molecule has 0 saturated carbocycles. The van der Waals surface area contributed by atoms with Crippen molar-refractivity contribution in [1.82, 2.24) is 5.32 Å². The Morgan fingerprint density at radius 3 is 2.83 bits per heavy atom. The SMILES string of the molecule is CCNC(CC)CCc1cc2cccc(F)c2o1. The molecule has 0 radical (unpaired) electrons. The van der Waals surface area contributed by atoms with Gasteiger partial charge in [-0.05, 0) is 31.5 Å². The summed E-state index contributed by atoms with van der Waals surface area (Å²) in [6.07, 6.45) is 2.97. The van der Waals surface area contributed by atoms with Crippen LogP contribution in [0.4, 0.5) is 4.39 Å². The van der Waals surface area contributed by atoms with Crippen LogP contribution in [0.3, 0.4) is 0 Å². The van der Waals surface area contributed by atoms with Crippen molar-refractivity contribution in [3.63, 3.8) is 0 Å². The molecular weight excluding hydrogens is 229 g/mol. The highest BCUT2D eigenvalue weighted by atomic mass is 19.1. The van der Waals surface area contributed by atoms with E-state index in [9.17, 15) is 4.39 Å². The first-order valence-corrected chi connectivity index (χ1v) is 6.65. The van der Waals surface area contributed by atoms with Gasteiger partial charge in [0.05, 0.1) is 0 Å². The number of hydrogen-bond donors (Lipinski definition) is 1. The van der Waals surface area contributed by atoms with Crippen LogP contribution in [0.5, 0.6) is 0 Å². The molecule has 0 spiro atoms. The van der Waals surface area contributed by atoms with Crippen molar-refractivity contribution >= 4 is 11.0 Å². The molecule has 0 aliphatic carbocycles. The van der Waals surface area contributed by atoms with Crippen molar-refractivity contribution < 1.29 is 8.81 Å². The van der Waals surface area contributed by atoms with Crippen molar-refractivity contribution in [3.05, 3.63) is 35.8 Å². The predicted molar refractivity (Wildman–Crippen MR) is 72.2 cm³/mol. The molecule has 1 unspecified atom stereocenters. The molecule has 98 valence electrons. The summed E-state index contributed by atoms with van der Waals surface area (Å²) in [4.78, 5) is 0. The third-order valence-electron chi connectivity index (χ3n) is 3.27. The molecule has 2 rings (SSSR count). The van der Waals surface area contributed by atoms with Crippen molar-refractivity contribution in [3.8, 4) is 0 Å². The highest BCUT2D eigenvalue weighted by Gasteiger charge is 2.10. The smallest absolute Gasteiger partial charge is 0.169 e. The minimum Gasteiger partial charge on any atom is -0.458 e. The van der Waals surface area contributed by atoms with Crippen molar-refractivity contribution in [2.45, 2.75) is 39.2 Å². The van der Waals surface area contributed by atoms with Gasteiger partial charge >= 0.3 is 0 Å². The van der Waals surface area contributed by atoms with E-state index in [0.717, 1.165) is 37.0 Å². The molecule has 1 aromatic carbocycles. The lowest BCUT2D eigenvalue weighted by Crippen LogP contribution is -2.28. The summed E-state index contributed by atoms with van der Waals surface area (Å²) < 4.78 is 19.0. The molecule has 0 saturated heterocycles. The summed E-state index contributed by atoms with van der Waals surface area (Å²) in [7, 11) is 0. The summed E-state index contributed by atoms with van der Waals surface area (Å²) in [6.45, 7) is 5.26. The lowest BCUT2D eigenvalue weighted by atomic mass is 10.1. The Kier molecular flexibility index (Phi) is 4.37. The predicted octanol–water partition coefficient (Wildman–Crippen LogP) is 3.89. The third kappa shape index (κ3) is 2.91. The standard InChI is InChI=1S/C15H20FNO/c1-3-12(17-4-2)8-9-13-10-11-6-5-7-14(16)15(11)18-13/h5-7,10,12,17H,3-4,8-9H2,1-2H3. The number of hydrogen-bond acceptors (Lipinski definition) is 2. The second-order valence-electron chi connectivity index (χ2n) is 4.57. The Morgan fingerprint density at radius 2 is 2.17 bits per heavy atom. The Labute approximate surface area is 107 Å². The molecule has 0 aliphatic rings. The lowest BCUT2D eigenvalue weighted by Gasteiger charge is -2.14. The van der Waals surface area contributed by atoms with E-state index in [4.69, 9.17) is 4.42 Å². The first-order valence-electron chi connectivity index (χ1n) is 6.65. The van der Waals surface area contributed by atoms with Gasteiger partial charge < -0.3 is 9.73 Å². The second-order valence-corrected chi connectivity index (χ2v) is 4.57. The molecule has 1 atom stereocenters. The molecule has 0 aliphatic heterocycles. The number of halogens is 1. The van der Waals surface area contributed by atoms with E-state index < -0.39 is 0 Å². The summed E-state index contributed by atoms with van der Waals surface area (Å²) in [5, 5.41) is 4.28. The van der Waals surface area contributed by atoms with Crippen molar-refractivity contribution in [2.75, 3.05) is 6.54 Å². The van der Waals surface area contributed by atoms with E-state index >= 15 is 0 Å². The Hall–Kier alpha value is -1.35. The van der Waals surface area contributed by atoms with Gasteiger partial charge in [-0.3, -0.25) is 0 Å². The third-order valence-corrected chi connectivity index (χ3v) is 3.27. The fraction of sp³-hybridized carbons (Fsp3) is 0.467. The van der Waals surface area contributed by atoms with Crippen LogP contribution >= 0.6 is 0 Å². The van der Waals surface area contributed by atoms with Gasteiger partial charge in [0.25, 0.3) is 0 Å². The average molecular weight is 249 g/mol. The molecule has 0 fully saturated rings. The number of furan rings is 1. The van der Waals surface area contributed by atoms with E-state index in [1.807, 2.05) is 12.1 Å². The van der Waals surface area contributed by atoms with Gasteiger partial charge in [-0.25, -0.2) is 4.39 Å². The minimum absolute atomic E-state index is 0.280. The van der Waals surface area contributed by atoms with E-state index in [2.05, 4.69) is 19.2 Å².